The topological polar surface area (TPSA) is 33.1 Å². The van der Waals surface area contributed by atoms with Gasteiger partial charge in [0.1, 0.15) is 0 Å². The summed E-state index contributed by atoms with van der Waals surface area (Å²) in [4.78, 5) is 5.72. The van der Waals surface area contributed by atoms with Crippen LogP contribution < -0.4 is 0 Å². The van der Waals surface area contributed by atoms with E-state index in [2.05, 4.69) is 30.1 Å². The fraction of sp³-hybridized carbons (Fsp3) is 0.400. The molecule has 0 bridgehead atoms. The van der Waals surface area contributed by atoms with Gasteiger partial charge in [0.25, 0.3) is 0 Å². The quantitative estimate of drug-likeness (QED) is 0.914. The molecule has 1 aromatic heterocycles. The van der Waals surface area contributed by atoms with Gasteiger partial charge >= 0.3 is 0 Å². The molecule has 0 spiro atoms. The van der Waals surface area contributed by atoms with E-state index in [-0.39, 0.29) is 0 Å². The van der Waals surface area contributed by atoms with Crippen molar-refractivity contribution in [2.24, 2.45) is 0 Å². The van der Waals surface area contributed by atoms with Gasteiger partial charge in [-0.2, -0.15) is 0 Å². The normalized spacial score (nSPS) is 12.7. The van der Waals surface area contributed by atoms with Gasteiger partial charge in [0.15, 0.2) is 0 Å². The molecule has 2 rings (SSSR count). The van der Waals surface area contributed by atoms with Crippen LogP contribution in [0.1, 0.15) is 38.4 Å². The van der Waals surface area contributed by atoms with Crippen LogP contribution in [0.4, 0.5) is 0 Å². The molecule has 0 aliphatic heterocycles. The summed E-state index contributed by atoms with van der Waals surface area (Å²) in [6, 6.07) is 6.20. The molecule has 0 aliphatic rings. The zero-order valence-electron chi connectivity index (χ0n) is 11.3. The van der Waals surface area contributed by atoms with E-state index in [9.17, 15) is 5.11 Å². The first kappa shape index (κ1) is 13.2. The van der Waals surface area contributed by atoms with Crippen molar-refractivity contribution in [3.8, 4) is 0 Å². The van der Waals surface area contributed by atoms with Crippen LogP contribution in [0, 0.1) is 27.7 Å². The monoisotopic (exact) mass is 261 g/mol. The molecule has 0 saturated heterocycles. The fourth-order valence-electron chi connectivity index (χ4n) is 2.02. The van der Waals surface area contributed by atoms with E-state index in [0.29, 0.717) is 6.42 Å². The standard InChI is InChI=1S/C15H19NOS/c1-9-5-6-10(2)13(7-9)14(17)8-15-16-11(3)12(4)18-15/h5-7,14,17H,8H2,1-4H3. The molecule has 0 aliphatic carbocycles. The highest BCUT2D eigenvalue weighted by atomic mass is 32.1. The van der Waals surface area contributed by atoms with E-state index in [0.717, 1.165) is 21.8 Å². The van der Waals surface area contributed by atoms with Crippen LogP contribution in [0.25, 0.3) is 0 Å². The summed E-state index contributed by atoms with van der Waals surface area (Å²) in [5, 5.41) is 11.4. The first-order valence-corrected chi connectivity index (χ1v) is 6.97. The molecular formula is C15H19NOS. The lowest BCUT2D eigenvalue weighted by Crippen LogP contribution is -2.04. The van der Waals surface area contributed by atoms with Crippen LogP contribution in [0.15, 0.2) is 18.2 Å². The SMILES string of the molecule is Cc1ccc(C)c(C(O)Cc2nc(C)c(C)s2)c1. The third kappa shape index (κ3) is 2.79. The number of rotatable bonds is 3. The van der Waals surface area contributed by atoms with Gasteiger partial charge in [-0.25, -0.2) is 4.98 Å². The molecule has 18 heavy (non-hydrogen) atoms. The Kier molecular flexibility index (Phi) is 3.83. The molecule has 1 N–H and O–H groups in total. The van der Waals surface area contributed by atoms with Crippen molar-refractivity contribution < 1.29 is 5.11 Å². The van der Waals surface area contributed by atoms with Gasteiger partial charge in [-0.1, -0.05) is 23.8 Å². The Labute approximate surface area is 112 Å². The van der Waals surface area contributed by atoms with Crippen LogP contribution in [0.3, 0.4) is 0 Å². The number of hydrogen-bond donors (Lipinski definition) is 1. The van der Waals surface area contributed by atoms with Crippen LogP contribution in [0.2, 0.25) is 0 Å². The number of aliphatic hydroxyl groups excluding tert-OH is 1. The molecule has 3 heteroatoms. The maximum atomic E-state index is 10.3. The highest BCUT2D eigenvalue weighted by Crippen LogP contribution is 2.25. The Hall–Kier alpha value is -1.19. The van der Waals surface area contributed by atoms with Gasteiger partial charge in [0.05, 0.1) is 16.8 Å². The van der Waals surface area contributed by atoms with Gasteiger partial charge in [-0.05, 0) is 38.8 Å². The summed E-state index contributed by atoms with van der Waals surface area (Å²) < 4.78 is 0. The lowest BCUT2D eigenvalue weighted by Gasteiger charge is -2.13. The van der Waals surface area contributed by atoms with E-state index < -0.39 is 6.10 Å². The van der Waals surface area contributed by atoms with Crippen LogP contribution in [-0.4, -0.2) is 10.1 Å². The molecule has 96 valence electrons. The number of aromatic nitrogens is 1. The van der Waals surface area contributed by atoms with Crippen LogP contribution in [-0.2, 0) is 6.42 Å². The first-order chi connectivity index (χ1) is 8.47. The lowest BCUT2D eigenvalue weighted by atomic mass is 9.99. The minimum atomic E-state index is -0.463. The van der Waals surface area contributed by atoms with E-state index in [1.165, 1.54) is 10.4 Å². The van der Waals surface area contributed by atoms with E-state index in [1.54, 1.807) is 11.3 Å². The highest BCUT2D eigenvalue weighted by Gasteiger charge is 2.14. The summed E-state index contributed by atoms with van der Waals surface area (Å²) in [7, 11) is 0. The van der Waals surface area contributed by atoms with Gasteiger partial charge in [-0.3, -0.25) is 0 Å². The van der Waals surface area contributed by atoms with Crippen molar-refractivity contribution in [3.05, 3.63) is 50.5 Å². The summed E-state index contributed by atoms with van der Waals surface area (Å²) in [6.07, 6.45) is 0.138. The maximum absolute atomic E-state index is 10.3. The van der Waals surface area contributed by atoms with E-state index >= 15 is 0 Å². The predicted molar refractivity (Wildman–Crippen MR) is 76.2 cm³/mol. The van der Waals surface area contributed by atoms with Gasteiger partial charge in [-0.15, -0.1) is 11.3 Å². The molecule has 1 aromatic carbocycles. The summed E-state index contributed by atoms with van der Waals surface area (Å²) in [5.74, 6) is 0. The molecule has 0 amide bonds. The Morgan fingerprint density at radius 1 is 1.22 bits per heavy atom. The maximum Gasteiger partial charge on any atom is 0.0960 e. The minimum absolute atomic E-state index is 0.463. The number of hydrogen-bond acceptors (Lipinski definition) is 3. The minimum Gasteiger partial charge on any atom is -0.388 e. The largest absolute Gasteiger partial charge is 0.388 e. The molecule has 1 unspecified atom stereocenters. The molecule has 2 aromatic rings. The first-order valence-electron chi connectivity index (χ1n) is 6.15. The van der Waals surface area contributed by atoms with E-state index in [4.69, 9.17) is 0 Å². The number of aliphatic hydroxyl groups is 1. The second-order valence-electron chi connectivity index (χ2n) is 4.83. The number of aryl methyl sites for hydroxylation is 4. The van der Waals surface area contributed by atoms with Crippen molar-refractivity contribution >= 4 is 11.3 Å². The third-order valence-electron chi connectivity index (χ3n) is 3.23. The molecule has 0 saturated carbocycles. The zero-order valence-corrected chi connectivity index (χ0v) is 12.1. The highest BCUT2D eigenvalue weighted by molar-refractivity contribution is 7.11. The number of benzene rings is 1. The van der Waals surface area contributed by atoms with Gasteiger partial charge in [0, 0.05) is 11.3 Å². The molecule has 2 nitrogen and oxygen atoms in total. The second-order valence-corrected chi connectivity index (χ2v) is 6.12. The molecule has 0 fully saturated rings. The zero-order chi connectivity index (χ0) is 13.3. The fourth-order valence-corrected chi connectivity index (χ4v) is 2.99. The Bertz CT molecular complexity index is 540. The predicted octanol–water partition coefficient (Wildman–Crippen LogP) is 3.65. The average Bonchev–Trinajstić information content (AvgIpc) is 2.61. The van der Waals surface area contributed by atoms with Crippen molar-refractivity contribution in [2.75, 3.05) is 0 Å². The van der Waals surface area contributed by atoms with Crippen molar-refractivity contribution in [1.29, 1.82) is 0 Å². The molecule has 0 radical (unpaired) electrons. The smallest absolute Gasteiger partial charge is 0.0960 e. The number of thiazole rings is 1. The molecular weight excluding hydrogens is 242 g/mol. The average molecular weight is 261 g/mol. The van der Waals surface area contributed by atoms with Crippen LogP contribution in [0.5, 0.6) is 0 Å². The van der Waals surface area contributed by atoms with Crippen LogP contribution >= 0.6 is 11.3 Å². The van der Waals surface area contributed by atoms with Gasteiger partial charge < -0.3 is 5.11 Å². The van der Waals surface area contributed by atoms with E-state index in [1.807, 2.05) is 20.8 Å². The Morgan fingerprint density at radius 3 is 2.56 bits per heavy atom. The summed E-state index contributed by atoms with van der Waals surface area (Å²) in [6.45, 7) is 8.17. The number of nitrogens with zero attached hydrogens (tertiary/aromatic N) is 1. The summed E-state index contributed by atoms with van der Waals surface area (Å²) in [5.41, 5.74) is 4.41. The van der Waals surface area contributed by atoms with Crippen molar-refractivity contribution in [1.82, 2.24) is 4.98 Å². The lowest BCUT2D eigenvalue weighted by molar-refractivity contribution is 0.177. The summed E-state index contributed by atoms with van der Waals surface area (Å²) >= 11 is 1.68. The van der Waals surface area contributed by atoms with Crippen molar-refractivity contribution in [2.45, 2.75) is 40.2 Å². The Balaban J connectivity index is 2.21. The molecule has 1 atom stereocenters. The van der Waals surface area contributed by atoms with Crippen molar-refractivity contribution in [3.63, 3.8) is 0 Å². The van der Waals surface area contributed by atoms with Gasteiger partial charge in [0.2, 0.25) is 0 Å². The Morgan fingerprint density at radius 2 is 1.94 bits per heavy atom. The third-order valence-corrected chi connectivity index (χ3v) is 4.33. The molecule has 1 heterocycles. The second kappa shape index (κ2) is 5.21.